The third kappa shape index (κ3) is 3.46. The van der Waals surface area contributed by atoms with Crippen LogP contribution in [0.1, 0.15) is 5.82 Å². The van der Waals surface area contributed by atoms with Gasteiger partial charge < -0.3 is 5.32 Å². The molecule has 0 radical (unpaired) electrons. The van der Waals surface area contributed by atoms with E-state index in [0.29, 0.717) is 0 Å². The maximum absolute atomic E-state index is 12.4. The lowest BCUT2D eigenvalue weighted by Gasteiger charge is -2.08. The summed E-state index contributed by atoms with van der Waals surface area (Å²) in [7, 11) is -5.39. The van der Waals surface area contributed by atoms with Crippen molar-refractivity contribution in [3.05, 3.63) is 36.3 Å². The van der Waals surface area contributed by atoms with Crippen LogP contribution in [0.3, 0.4) is 0 Å². The first-order valence-electron chi connectivity index (χ1n) is 5.78. The molecule has 0 unspecified atom stereocenters. The van der Waals surface area contributed by atoms with Crippen molar-refractivity contribution in [3.63, 3.8) is 0 Å². The Morgan fingerprint density at radius 3 is 2.43 bits per heavy atom. The number of tetrazole rings is 1. The van der Waals surface area contributed by atoms with Crippen LogP contribution >= 0.6 is 0 Å². The summed E-state index contributed by atoms with van der Waals surface area (Å²) >= 11 is 0. The summed E-state index contributed by atoms with van der Waals surface area (Å²) in [6.07, 6.45) is 1.21. The second-order valence-electron chi connectivity index (χ2n) is 4.02. The molecule has 1 aromatic carbocycles. The highest BCUT2D eigenvalue weighted by atomic mass is 32.2. The van der Waals surface area contributed by atoms with Crippen LogP contribution in [-0.2, 0) is 9.84 Å². The van der Waals surface area contributed by atoms with Crippen molar-refractivity contribution >= 4 is 21.1 Å². The van der Waals surface area contributed by atoms with Crippen LogP contribution in [0.5, 0.6) is 0 Å². The Morgan fingerprint density at radius 2 is 1.96 bits per heavy atom. The third-order valence-electron chi connectivity index (χ3n) is 2.56. The standard InChI is InChI=1S/C11H7F3N6O2S/c12-11(13,14)23(21,22)9-3-1-8(2-4-9)16-6-7(5-15)10-17-19-20-18-10/h1-4,6,16H,(H,17,18,19,20). The summed E-state index contributed by atoms with van der Waals surface area (Å²) in [6.45, 7) is 0. The van der Waals surface area contributed by atoms with Gasteiger partial charge in [0.15, 0.2) is 0 Å². The van der Waals surface area contributed by atoms with E-state index < -0.39 is 20.2 Å². The Bertz CT molecular complexity index is 851. The zero-order valence-corrected chi connectivity index (χ0v) is 11.9. The quantitative estimate of drug-likeness (QED) is 0.805. The SMILES string of the molecule is N#CC(=CNc1ccc(S(=O)(=O)C(F)(F)F)cc1)c1nn[nH]n1. The molecular weight excluding hydrogens is 337 g/mol. The highest BCUT2D eigenvalue weighted by Gasteiger charge is 2.46. The zero-order valence-electron chi connectivity index (χ0n) is 11.0. The summed E-state index contributed by atoms with van der Waals surface area (Å²) in [5.74, 6) is 0.0243. The van der Waals surface area contributed by atoms with Crippen LogP contribution in [-0.4, -0.2) is 34.6 Å². The Hall–Kier alpha value is -2.94. The average Bonchev–Trinajstić information content (AvgIpc) is 3.01. The predicted molar refractivity (Wildman–Crippen MR) is 71.1 cm³/mol. The van der Waals surface area contributed by atoms with Crippen LogP contribution < -0.4 is 5.32 Å². The molecule has 0 aliphatic heterocycles. The van der Waals surface area contributed by atoms with Gasteiger partial charge in [0.1, 0.15) is 11.6 Å². The molecule has 0 atom stereocenters. The molecule has 1 heterocycles. The molecule has 2 rings (SSSR count). The number of sulfone groups is 1. The van der Waals surface area contributed by atoms with E-state index in [4.69, 9.17) is 5.26 Å². The third-order valence-corrected chi connectivity index (χ3v) is 4.06. The van der Waals surface area contributed by atoms with Gasteiger partial charge in [0, 0.05) is 11.9 Å². The number of hydrogen-bond donors (Lipinski definition) is 2. The van der Waals surface area contributed by atoms with Crippen LogP contribution in [0.4, 0.5) is 18.9 Å². The van der Waals surface area contributed by atoms with Crippen LogP contribution in [0, 0.1) is 11.3 Å². The topological polar surface area (TPSA) is 124 Å². The minimum absolute atomic E-state index is 0.0192. The summed E-state index contributed by atoms with van der Waals surface area (Å²) < 4.78 is 59.6. The number of H-pyrrole nitrogens is 1. The molecule has 8 nitrogen and oxygen atoms in total. The largest absolute Gasteiger partial charge is 0.501 e. The summed E-state index contributed by atoms with van der Waals surface area (Å²) in [5.41, 5.74) is -5.08. The van der Waals surface area contributed by atoms with E-state index in [2.05, 4.69) is 25.9 Å². The predicted octanol–water partition coefficient (Wildman–Crippen LogP) is 1.47. The van der Waals surface area contributed by atoms with Gasteiger partial charge in [0.05, 0.1) is 4.90 Å². The molecule has 1 aromatic heterocycles. The molecule has 0 aliphatic carbocycles. The van der Waals surface area contributed by atoms with Crippen LogP contribution in [0.25, 0.3) is 5.57 Å². The van der Waals surface area contributed by atoms with Gasteiger partial charge in [-0.2, -0.15) is 23.6 Å². The molecule has 0 saturated heterocycles. The number of aromatic nitrogens is 4. The van der Waals surface area contributed by atoms with E-state index in [9.17, 15) is 21.6 Å². The molecule has 2 aromatic rings. The summed E-state index contributed by atoms with van der Waals surface area (Å²) in [6, 6.07) is 5.66. The highest BCUT2D eigenvalue weighted by molar-refractivity contribution is 7.92. The molecule has 0 bridgehead atoms. The van der Waals surface area contributed by atoms with Crippen molar-refractivity contribution in [2.75, 3.05) is 5.32 Å². The maximum atomic E-state index is 12.4. The zero-order chi connectivity index (χ0) is 17.1. The molecule has 0 saturated carbocycles. The number of anilines is 1. The van der Waals surface area contributed by atoms with Gasteiger partial charge in [0.2, 0.25) is 5.82 Å². The van der Waals surface area contributed by atoms with E-state index in [-0.39, 0.29) is 17.1 Å². The molecule has 12 heteroatoms. The smallest absolute Gasteiger partial charge is 0.360 e. The fraction of sp³-hybridized carbons (Fsp3) is 0.0909. The molecule has 120 valence electrons. The second-order valence-corrected chi connectivity index (χ2v) is 5.96. The number of allylic oxidation sites excluding steroid dienone is 1. The second kappa shape index (κ2) is 6.05. The Kier molecular flexibility index (Phi) is 4.32. The molecule has 0 spiro atoms. The Balaban J connectivity index is 2.20. The first-order valence-corrected chi connectivity index (χ1v) is 7.26. The van der Waals surface area contributed by atoms with Crippen molar-refractivity contribution in [2.45, 2.75) is 10.4 Å². The average molecular weight is 344 g/mol. The lowest BCUT2D eigenvalue weighted by molar-refractivity contribution is -0.0436. The van der Waals surface area contributed by atoms with Gasteiger partial charge in [-0.05, 0) is 29.5 Å². The van der Waals surface area contributed by atoms with E-state index in [0.717, 1.165) is 24.3 Å². The lowest BCUT2D eigenvalue weighted by Crippen LogP contribution is -2.23. The molecule has 0 fully saturated rings. The summed E-state index contributed by atoms with van der Waals surface area (Å²) in [5, 5.41) is 24.2. The molecular formula is C11H7F3N6O2S. The first kappa shape index (κ1) is 16.4. The van der Waals surface area contributed by atoms with E-state index in [1.807, 2.05) is 0 Å². The number of benzene rings is 1. The highest BCUT2D eigenvalue weighted by Crippen LogP contribution is 2.30. The van der Waals surface area contributed by atoms with Crippen molar-refractivity contribution in [2.24, 2.45) is 0 Å². The maximum Gasteiger partial charge on any atom is 0.501 e. The van der Waals surface area contributed by atoms with Gasteiger partial charge in [-0.1, -0.05) is 0 Å². The van der Waals surface area contributed by atoms with Gasteiger partial charge in [-0.25, -0.2) is 8.42 Å². The fourth-order valence-corrected chi connectivity index (χ4v) is 2.20. The van der Waals surface area contributed by atoms with E-state index >= 15 is 0 Å². The number of nitrogens with one attached hydrogen (secondary N) is 2. The number of nitrogens with zero attached hydrogens (tertiary/aromatic N) is 4. The number of hydrogen-bond acceptors (Lipinski definition) is 7. The molecule has 2 N–H and O–H groups in total. The number of aromatic amines is 1. The molecule has 0 amide bonds. The minimum Gasteiger partial charge on any atom is -0.360 e. The number of rotatable bonds is 4. The minimum atomic E-state index is -5.39. The lowest BCUT2D eigenvalue weighted by atomic mass is 10.3. The van der Waals surface area contributed by atoms with E-state index in [1.165, 1.54) is 6.20 Å². The fourth-order valence-electron chi connectivity index (χ4n) is 1.44. The van der Waals surface area contributed by atoms with E-state index in [1.54, 1.807) is 6.07 Å². The monoisotopic (exact) mass is 344 g/mol. The van der Waals surface area contributed by atoms with Crippen LogP contribution in [0.15, 0.2) is 35.4 Å². The van der Waals surface area contributed by atoms with Gasteiger partial charge >= 0.3 is 5.51 Å². The van der Waals surface area contributed by atoms with Crippen molar-refractivity contribution < 1.29 is 21.6 Å². The normalized spacial score (nSPS) is 12.7. The number of nitriles is 1. The Labute approximate surface area is 127 Å². The molecule has 0 aliphatic rings. The summed E-state index contributed by atoms with van der Waals surface area (Å²) in [4.78, 5) is -0.877. The van der Waals surface area contributed by atoms with Gasteiger partial charge in [-0.3, -0.25) is 0 Å². The Morgan fingerprint density at radius 1 is 1.30 bits per heavy atom. The van der Waals surface area contributed by atoms with Crippen molar-refractivity contribution in [3.8, 4) is 6.07 Å². The molecule has 23 heavy (non-hydrogen) atoms. The van der Waals surface area contributed by atoms with Crippen molar-refractivity contribution in [1.82, 2.24) is 20.6 Å². The van der Waals surface area contributed by atoms with Crippen molar-refractivity contribution in [1.29, 1.82) is 5.26 Å². The van der Waals surface area contributed by atoms with Gasteiger partial charge in [0.25, 0.3) is 9.84 Å². The van der Waals surface area contributed by atoms with Gasteiger partial charge in [-0.15, -0.1) is 10.2 Å². The first-order chi connectivity index (χ1) is 10.8. The number of halogens is 3. The number of alkyl halides is 3. The van der Waals surface area contributed by atoms with Crippen LogP contribution in [0.2, 0.25) is 0 Å².